The Bertz CT molecular complexity index is 528. The molecular formula is C18H25NO2. The van der Waals surface area contributed by atoms with Crippen molar-refractivity contribution < 1.29 is 9.90 Å². The van der Waals surface area contributed by atoms with Crippen LogP contribution in [-0.2, 0) is 16.6 Å². The van der Waals surface area contributed by atoms with Crippen molar-refractivity contribution in [2.45, 2.75) is 57.0 Å². The molecule has 3 unspecified atom stereocenters. The first-order chi connectivity index (χ1) is 10.1. The van der Waals surface area contributed by atoms with E-state index in [1.165, 1.54) is 17.5 Å². The van der Waals surface area contributed by atoms with Gasteiger partial charge >= 0.3 is 0 Å². The SMILES string of the molecule is CC1(CNC(=O)C2CCCC2O)CCCc2ccccc21. The highest BCUT2D eigenvalue weighted by Crippen LogP contribution is 2.36. The molecular weight excluding hydrogens is 262 g/mol. The predicted molar refractivity (Wildman–Crippen MR) is 83.1 cm³/mol. The van der Waals surface area contributed by atoms with Gasteiger partial charge in [-0.25, -0.2) is 0 Å². The number of aryl methyl sites for hydroxylation is 1. The van der Waals surface area contributed by atoms with Crippen LogP contribution in [0.25, 0.3) is 0 Å². The molecule has 0 radical (unpaired) electrons. The summed E-state index contributed by atoms with van der Waals surface area (Å²) in [6, 6.07) is 8.59. The molecule has 1 aromatic carbocycles. The van der Waals surface area contributed by atoms with Crippen LogP contribution in [0.4, 0.5) is 0 Å². The molecule has 114 valence electrons. The summed E-state index contributed by atoms with van der Waals surface area (Å²) in [5, 5.41) is 13.0. The third kappa shape index (κ3) is 2.84. The first kappa shape index (κ1) is 14.6. The molecule has 0 spiro atoms. The molecule has 2 N–H and O–H groups in total. The van der Waals surface area contributed by atoms with Crippen LogP contribution < -0.4 is 5.32 Å². The van der Waals surface area contributed by atoms with E-state index < -0.39 is 6.10 Å². The van der Waals surface area contributed by atoms with Gasteiger partial charge in [0.1, 0.15) is 0 Å². The van der Waals surface area contributed by atoms with E-state index in [0.29, 0.717) is 6.54 Å². The van der Waals surface area contributed by atoms with E-state index in [9.17, 15) is 9.90 Å². The van der Waals surface area contributed by atoms with Crippen LogP contribution in [0.1, 0.15) is 50.2 Å². The van der Waals surface area contributed by atoms with Crippen molar-refractivity contribution in [3.05, 3.63) is 35.4 Å². The zero-order chi connectivity index (χ0) is 14.9. The molecule has 3 heteroatoms. The van der Waals surface area contributed by atoms with Gasteiger partial charge in [-0.1, -0.05) is 31.2 Å². The molecule has 1 aromatic rings. The van der Waals surface area contributed by atoms with Crippen LogP contribution in [0.2, 0.25) is 0 Å². The minimum absolute atomic E-state index is 0.0219. The lowest BCUT2D eigenvalue weighted by atomic mass is 9.71. The first-order valence-electron chi connectivity index (χ1n) is 8.14. The van der Waals surface area contributed by atoms with Gasteiger partial charge in [-0.3, -0.25) is 4.79 Å². The summed E-state index contributed by atoms with van der Waals surface area (Å²) in [4.78, 5) is 12.3. The second-order valence-electron chi connectivity index (χ2n) is 6.89. The molecule has 2 aliphatic carbocycles. The molecule has 1 fully saturated rings. The number of aliphatic hydroxyl groups excluding tert-OH is 1. The highest BCUT2D eigenvalue weighted by atomic mass is 16.3. The smallest absolute Gasteiger partial charge is 0.225 e. The summed E-state index contributed by atoms with van der Waals surface area (Å²) < 4.78 is 0. The average Bonchev–Trinajstić information content (AvgIpc) is 2.92. The fraction of sp³-hybridized carbons (Fsp3) is 0.611. The monoisotopic (exact) mass is 287 g/mol. The van der Waals surface area contributed by atoms with Gasteiger partial charge in [0.25, 0.3) is 0 Å². The van der Waals surface area contributed by atoms with E-state index in [1.807, 2.05) is 0 Å². The Kier molecular flexibility index (Phi) is 4.03. The predicted octanol–water partition coefficient (Wildman–Crippen LogP) is 2.56. The van der Waals surface area contributed by atoms with Crippen LogP contribution in [0.15, 0.2) is 24.3 Å². The molecule has 0 aromatic heterocycles. The number of fused-ring (bicyclic) bond motifs is 1. The fourth-order valence-electron chi connectivity index (χ4n) is 3.97. The van der Waals surface area contributed by atoms with Crippen LogP contribution >= 0.6 is 0 Å². The maximum Gasteiger partial charge on any atom is 0.225 e. The third-order valence-corrected chi connectivity index (χ3v) is 5.31. The van der Waals surface area contributed by atoms with Crippen molar-refractivity contribution in [1.82, 2.24) is 5.32 Å². The molecule has 2 aliphatic rings. The van der Waals surface area contributed by atoms with Gasteiger partial charge in [0.05, 0.1) is 12.0 Å². The Morgan fingerprint density at radius 2 is 2.14 bits per heavy atom. The standard InChI is InChI=1S/C18H25NO2/c1-18(11-5-7-13-6-2-3-9-15(13)18)12-19-17(21)14-8-4-10-16(14)20/h2-3,6,9,14,16,20H,4-5,7-8,10-12H2,1H3,(H,19,21). The van der Waals surface area contributed by atoms with Gasteiger partial charge in [0.15, 0.2) is 0 Å². The van der Waals surface area contributed by atoms with E-state index >= 15 is 0 Å². The lowest BCUT2D eigenvalue weighted by Gasteiger charge is -2.36. The number of aliphatic hydroxyl groups is 1. The number of carbonyl (C=O) groups excluding carboxylic acids is 1. The second-order valence-corrected chi connectivity index (χ2v) is 6.89. The van der Waals surface area contributed by atoms with Crippen LogP contribution in [0.5, 0.6) is 0 Å². The summed E-state index contributed by atoms with van der Waals surface area (Å²) >= 11 is 0. The quantitative estimate of drug-likeness (QED) is 0.897. The minimum Gasteiger partial charge on any atom is -0.392 e. The van der Waals surface area contributed by atoms with Gasteiger partial charge in [0, 0.05) is 12.0 Å². The molecule has 0 heterocycles. The van der Waals surface area contributed by atoms with Crippen molar-refractivity contribution in [3.63, 3.8) is 0 Å². The van der Waals surface area contributed by atoms with Gasteiger partial charge in [-0.05, 0) is 49.7 Å². The topological polar surface area (TPSA) is 49.3 Å². The maximum absolute atomic E-state index is 12.3. The number of carbonyl (C=O) groups is 1. The average molecular weight is 287 g/mol. The van der Waals surface area contributed by atoms with Crippen LogP contribution in [0, 0.1) is 5.92 Å². The van der Waals surface area contributed by atoms with E-state index in [0.717, 1.165) is 32.1 Å². The summed E-state index contributed by atoms with van der Waals surface area (Å²) in [6.45, 7) is 2.92. The number of amides is 1. The van der Waals surface area contributed by atoms with Gasteiger partial charge < -0.3 is 10.4 Å². The Labute approximate surface area is 126 Å². The van der Waals surface area contributed by atoms with Gasteiger partial charge in [0.2, 0.25) is 5.91 Å². The van der Waals surface area contributed by atoms with Crippen molar-refractivity contribution in [2.24, 2.45) is 5.92 Å². The summed E-state index contributed by atoms with van der Waals surface area (Å²) in [5.41, 5.74) is 2.82. The van der Waals surface area contributed by atoms with E-state index in [1.54, 1.807) is 0 Å². The second kappa shape index (κ2) is 5.80. The van der Waals surface area contributed by atoms with Gasteiger partial charge in [-0.2, -0.15) is 0 Å². The molecule has 1 saturated carbocycles. The zero-order valence-corrected chi connectivity index (χ0v) is 12.8. The van der Waals surface area contributed by atoms with E-state index in [2.05, 4.69) is 36.5 Å². The Morgan fingerprint density at radius 1 is 1.33 bits per heavy atom. The molecule has 1 amide bonds. The Hall–Kier alpha value is -1.35. The van der Waals surface area contributed by atoms with Crippen LogP contribution in [0.3, 0.4) is 0 Å². The third-order valence-electron chi connectivity index (χ3n) is 5.31. The van der Waals surface area contributed by atoms with E-state index in [-0.39, 0.29) is 17.2 Å². The van der Waals surface area contributed by atoms with Gasteiger partial charge in [-0.15, -0.1) is 0 Å². The number of nitrogens with one attached hydrogen (secondary N) is 1. The molecule has 3 rings (SSSR count). The summed E-state index contributed by atoms with van der Waals surface area (Å²) in [6.07, 6.45) is 5.52. The highest BCUT2D eigenvalue weighted by molar-refractivity contribution is 5.79. The lowest BCUT2D eigenvalue weighted by Crippen LogP contribution is -2.44. The molecule has 3 atom stereocenters. The molecule has 0 saturated heterocycles. The minimum atomic E-state index is -0.448. The molecule has 21 heavy (non-hydrogen) atoms. The number of rotatable bonds is 3. The number of benzene rings is 1. The normalized spacial score (nSPS) is 31.7. The Balaban J connectivity index is 1.69. The van der Waals surface area contributed by atoms with Crippen molar-refractivity contribution in [3.8, 4) is 0 Å². The first-order valence-corrected chi connectivity index (χ1v) is 8.14. The lowest BCUT2D eigenvalue weighted by molar-refractivity contribution is -0.127. The van der Waals surface area contributed by atoms with Crippen molar-refractivity contribution in [1.29, 1.82) is 0 Å². The summed E-state index contributed by atoms with van der Waals surface area (Å²) in [7, 11) is 0. The fourth-order valence-corrected chi connectivity index (χ4v) is 3.97. The molecule has 0 bridgehead atoms. The Morgan fingerprint density at radius 3 is 2.90 bits per heavy atom. The number of hydrogen-bond acceptors (Lipinski definition) is 2. The maximum atomic E-state index is 12.3. The zero-order valence-electron chi connectivity index (χ0n) is 12.8. The van der Waals surface area contributed by atoms with E-state index in [4.69, 9.17) is 0 Å². The van der Waals surface area contributed by atoms with Crippen molar-refractivity contribution >= 4 is 5.91 Å². The van der Waals surface area contributed by atoms with Crippen molar-refractivity contribution in [2.75, 3.05) is 6.54 Å². The highest BCUT2D eigenvalue weighted by Gasteiger charge is 2.35. The van der Waals surface area contributed by atoms with Crippen LogP contribution in [-0.4, -0.2) is 23.7 Å². The molecule has 0 aliphatic heterocycles. The summed E-state index contributed by atoms with van der Waals surface area (Å²) in [5.74, 6) is -0.170. The molecule has 3 nitrogen and oxygen atoms in total. The number of hydrogen-bond donors (Lipinski definition) is 2. The largest absolute Gasteiger partial charge is 0.392 e.